The predicted octanol–water partition coefficient (Wildman–Crippen LogP) is 3.49. The lowest BCUT2D eigenvalue weighted by Crippen LogP contribution is -2.50. The van der Waals surface area contributed by atoms with Crippen molar-refractivity contribution in [2.45, 2.75) is 31.7 Å². The van der Waals surface area contributed by atoms with Crippen LogP contribution in [0.15, 0.2) is 46.9 Å². The van der Waals surface area contributed by atoms with Gasteiger partial charge in [0.05, 0.1) is 25.3 Å². The van der Waals surface area contributed by atoms with Crippen molar-refractivity contribution < 1.29 is 44.1 Å². The molecule has 2 aliphatic rings. The summed E-state index contributed by atoms with van der Waals surface area (Å²) >= 11 is 15.9. The summed E-state index contributed by atoms with van der Waals surface area (Å²) < 4.78 is 0.876. The Hall–Kier alpha value is -4.00. The highest BCUT2D eigenvalue weighted by atomic mass is 79.9. The van der Waals surface area contributed by atoms with Crippen LogP contribution >= 0.6 is 39.1 Å². The van der Waals surface area contributed by atoms with E-state index in [1.807, 2.05) is 24.3 Å². The van der Waals surface area contributed by atoms with E-state index in [1.54, 1.807) is 26.5 Å². The number of anilines is 1. The molecule has 16 nitrogen and oxygen atoms in total. The second-order valence-corrected chi connectivity index (χ2v) is 15.5. The number of nitrogens with one attached hydrogen (secondary N) is 1. The summed E-state index contributed by atoms with van der Waals surface area (Å²) in [6, 6.07) is 11.5. The van der Waals surface area contributed by atoms with Crippen LogP contribution in [-0.4, -0.2) is 166 Å². The van der Waals surface area contributed by atoms with E-state index in [4.69, 9.17) is 23.2 Å². The summed E-state index contributed by atoms with van der Waals surface area (Å²) in [6.07, 6.45) is 0.0218. The number of carbonyl (C=O) groups is 6. The SMILES string of the molecule is C[C@]1(Cc2ccc(Br)cc2)C(=O)N(c2cc(Cl)cc(Cl)c2)C(=O)N1CCCCNC(=O)CN1CCN(CC(=O)O)CCN(CC(=O)O)CCN(C(=O)O)CC1. The molecular weight excluding hydrogens is 825 g/mol. The molecule has 0 saturated carbocycles. The van der Waals surface area contributed by atoms with Gasteiger partial charge in [-0.15, -0.1) is 0 Å². The summed E-state index contributed by atoms with van der Waals surface area (Å²) in [5.41, 5.74) is -0.102. The van der Waals surface area contributed by atoms with Gasteiger partial charge in [0.2, 0.25) is 5.91 Å². The van der Waals surface area contributed by atoms with Crippen molar-refractivity contribution >= 4 is 80.7 Å². The number of halogens is 3. The molecule has 0 aliphatic carbocycles. The first kappa shape index (κ1) is 43.7. The molecule has 0 aromatic heterocycles. The van der Waals surface area contributed by atoms with E-state index in [2.05, 4.69) is 21.2 Å². The van der Waals surface area contributed by atoms with E-state index in [9.17, 15) is 44.1 Å². The minimum atomic E-state index is -1.23. The Kier molecular flexibility index (Phi) is 16.1. The van der Waals surface area contributed by atoms with Gasteiger partial charge in [0.25, 0.3) is 5.91 Å². The second kappa shape index (κ2) is 20.2. The third-order valence-electron chi connectivity index (χ3n) is 9.57. The molecule has 2 aromatic carbocycles. The van der Waals surface area contributed by atoms with E-state index < -0.39 is 35.5 Å². The molecule has 300 valence electrons. The number of nitrogens with zero attached hydrogens (tertiary/aromatic N) is 6. The second-order valence-electron chi connectivity index (χ2n) is 13.7. The van der Waals surface area contributed by atoms with Gasteiger partial charge in [0.1, 0.15) is 5.54 Å². The van der Waals surface area contributed by atoms with E-state index >= 15 is 0 Å². The van der Waals surface area contributed by atoms with Crippen molar-refractivity contribution in [1.82, 2.24) is 29.8 Å². The minimum Gasteiger partial charge on any atom is -0.480 e. The van der Waals surface area contributed by atoms with Gasteiger partial charge in [-0.3, -0.25) is 33.9 Å². The highest BCUT2D eigenvalue weighted by Gasteiger charge is 2.54. The quantitative estimate of drug-likeness (QED) is 0.160. The van der Waals surface area contributed by atoms with Crippen LogP contribution in [0, 0.1) is 0 Å². The third-order valence-corrected chi connectivity index (χ3v) is 10.5. The van der Waals surface area contributed by atoms with Crippen LogP contribution in [0.5, 0.6) is 0 Å². The van der Waals surface area contributed by atoms with Crippen molar-refractivity contribution in [2.75, 3.05) is 90.0 Å². The standard InChI is InChI=1S/C36H46BrCl2N7O9/c1-36(21-25-4-6-26(37)7-5-25)33(52)46(29-19-27(38)18-28(39)20-29)34(53)45(36)9-3-2-8-40-30(47)22-41-10-11-42(23-31(48)49)12-13-43(24-32(50)51)15-17-44(16-14-41)35(54)55/h4-7,18-20H,2-3,8-17,21-24H2,1H3,(H,40,47)(H,48,49)(H,50,51)(H,54,55)/t36-/m0/s1. The molecule has 0 unspecified atom stereocenters. The van der Waals surface area contributed by atoms with E-state index in [-0.39, 0.29) is 113 Å². The van der Waals surface area contributed by atoms with Gasteiger partial charge in [-0.25, -0.2) is 14.5 Å². The summed E-state index contributed by atoms with van der Waals surface area (Å²) in [7, 11) is 0. The molecule has 0 bridgehead atoms. The molecule has 0 radical (unpaired) electrons. The molecule has 19 heteroatoms. The number of urea groups is 1. The number of carboxylic acids is 2. The van der Waals surface area contributed by atoms with Crippen molar-refractivity contribution in [2.24, 2.45) is 0 Å². The number of unbranched alkanes of at least 4 members (excludes halogenated alkanes) is 1. The smallest absolute Gasteiger partial charge is 0.407 e. The van der Waals surface area contributed by atoms with Crippen LogP contribution in [0.1, 0.15) is 25.3 Å². The number of benzene rings is 2. The zero-order valence-corrected chi connectivity index (χ0v) is 33.6. The Morgan fingerprint density at radius 3 is 1.78 bits per heavy atom. The Balaban J connectivity index is 1.38. The number of carbonyl (C=O) groups excluding carboxylic acids is 3. The lowest BCUT2D eigenvalue weighted by molar-refractivity contribution is -0.140. The van der Waals surface area contributed by atoms with Crippen LogP contribution in [-0.2, 0) is 25.6 Å². The Morgan fingerprint density at radius 2 is 1.27 bits per heavy atom. The lowest BCUT2D eigenvalue weighted by atomic mass is 9.91. The van der Waals surface area contributed by atoms with Crippen molar-refractivity contribution in [1.29, 1.82) is 0 Å². The third kappa shape index (κ3) is 12.8. The number of hydrogen-bond acceptors (Lipinski definition) is 9. The number of imide groups is 1. The van der Waals surface area contributed by atoms with Gasteiger partial charge in [-0.2, -0.15) is 0 Å². The molecule has 2 saturated heterocycles. The Morgan fingerprint density at radius 1 is 0.764 bits per heavy atom. The maximum absolute atomic E-state index is 14.0. The lowest BCUT2D eigenvalue weighted by Gasteiger charge is -2.32. The molecule has 2 aliphatic heterocycles. The van der Waals surface area contributed by atoms with Crippen LogP contribution in [0.4, 0.5) is 15.3 Å². The molecule has 2 fully saturated rings. The summed E-state index contributed by atoms with van der Waals surface area (Å²) in [5, 5.41) is 32.0. The molecule has 4 N–H and O–H groups in total. The maximum Gasteiger partial charge on any atom is 0.407 e. The summed E-state index contributed by atoms with van der Waals surface area (Å²) in [6.45, 7) is 2.99. The molecule has 0 spiro atoms. The molecule has 4 rings (SSSR count). The predicted molar refractivity (Wildman–Crippen MR) is 209 cm³/mol. The van der Waals surface area contributed by atoms with Gasteiger partial charge < -0.3 is 30.4 Å². The van der Waals surface area contributed by atoms with Crippen LogP contribution < -0.4 is 10.2 Å². The first-order valence-corrected chi connectivity index (χ1v) is 19.3. The topological polar surface area (TPSA) is 195 Å². The first-order chi connectivity index (χ1) is 26.0. The fourth-order valence-corrected chi connectivity index (χ4v) is 7.43. The molecule has 55 heavy (non-hydrogen) atoms. The molecule has 2 heterocycles. The minimum absolute atomic E-state index is 0.0411. The van der Waals surface area contributed by atoms with Gasteiger partial charge in [0, 0.05) is 86.4 Å². The highest BCUT2D eigenvalue weighted by Crippen LogP contribution is 2.37. The van der Waals surface area contributed by atoms with Crippen LogP contribution in [0.3, 0.4) is 0 Å². The van der Waals surface area contributed by atoms with Crippen LogP contribution in [0.2, 0.25) is 10.0 Å². The first-order valence-electron chi connectivity index (χ1n) is 17.8. The average molecular weight is 872 g/mol. The van der Waals surface area contributed by atoms with Crippen LogP contribution in [0.25, 0.3) is 0 Å². The highest BCUT2D eigenvalue weighted by molar-refractivity contribution is 9.10. The van der Waals surface area contributed by atoms with Gasteiger partial charge >= 0.3 is 24.1 Å². The van der Waals surface area contributed by atoms with E-state index in [1.165, 1.54) is 23.1 Å². The number of carboxylic acid groups (broad SMARTS) is 3. The largest absolute Gasteiger partial charge is 0.480 e. The monoisotopic (exact) mass is 869 g/mol. The maximum atomic E-state index is 14.0. The number of amides is 5. The van der Waals surface area contributed by atoms with Gasteiger partial charge in [-0.1, -0.05) is 51.3 Å². The van der Waals surface area contributed by atoms with Gasteiger partial charge in [-0.05, 0) is 55.7 Å². The Labute approximate surface area is 337 Å². The van der Waals surface area contributed by atoms with Gasteiger partial charge in [0.15, 0.2) is 0 Å². The molecule has 2 aromatic rings. The average Bonchev–Trinajstić information content (AvgIpc) is 3.27. The fraction of sp³-hybridized carbons (Fsp3) is 0.500. The number of hydrogen-bond donors (Lipinski definition) is 4. The number of aliphatic carboxylic acids is 2. The van der Waals surface area contributed by atoms with E-state index in [0.29, 0.717) is 12.8 Å². The van der Waals surface area contributed by atoms with Crippen molar-refractivity contribution in [3.8, 4) is 0 Å². The molecule has 5 amide bonds. The van der Waals surface area contributed by atoms with Crippen molar-refractivity contribution in [3.05, 3.63) is 62.5 Å². The molecular formula is C36H46BrCl2N7O9. The summed E-state index contributed by atoms with van der Waals surface area (Å²) in [5.74, 6) is -2.85. The Bertz CT molecular complexity index is 1700. The normalized spacial score (nSPS) is 19.6. The summed E-state index contributed by atoms with van der Waals surface area (Å²) in [4.78, 5) is 84.7. The van der Waals surface area contributed by atoms with E-state index in [0.717, 1.165) is 14.9 Å². The fourth-order valence-electron chi connectivity index (χ4n) is 6.65. The van der Waals surface area contributed by atoms with Crippen molar-refractivity contribution in [3.63, 3.8) is 0 Å². The zero-order chi connectivity index (χ0) is 40.3. The molecule has 1 atom stereocenters. The number of rotatable bonds is 14. The zero-order valence-electron chi connectivity index (χ0n) is 30.5.